The maximum absolute atomic E-state index is 12.3. The van der Waals surface area contributed by atoms with Gasteiger partial charge in [-0.15, -0.1) is 0 Å². The summed E-state index contributed by atoms with van der Waals surface area (Å²) >= 11 is 0. The zero-order valence-electron chi connectivity index (χ0n) is 15.1. The third-order valence-corrected chi connectivity index (χ3v) is 3.45. The number of nitrogens with zero attached hydrogens (tertiary/aromatic N) is 2. The number of carbonyl (C=O) groups excluding carboxylic acids is 2. The summed E-state index contributed by atoms with van der Waals surface area (Å²) in [5.41, 5.74) is 0.539. The Morgan fingerprint density at radius 3 is 2.38 bits per heavy atom. The molecule has 0 radical (unpaired) electrons. The number of nitrogens with one attached hydrogen (secondary N) is 1. The maximum Gasteiger partial charge on any atom is 0.238 e. The molecule has 134 valence electrons. The number of hydrogen-bond acceptors (Lipinski definition) is 5. The fourth-order valence-corrected chi connectivity index (χ4v) is 2.17. The molecule has 1 rings (SSSR count). The van der Waals surface area contributed by atoms with Gasteiger partial charge in [-0.05, 0) is 25.1 Å². The molecule has 0 aromatic heterocycles. The standard InChI is InChI=1S/C17H27N3O4/c1-6-9-20(12-17(22)19(2)3)11-16(21)18-14-10-13(23-4)7-8-15(14)24-5/h7-8,10H,6,9,11-12H2,1-5H3,(H,18,21). The van der Waals surface area contributed by atoms with Crippen molar-refractivity contribution in [2.45, 2.75) is 13.3 Å². The minimum Gasteiger partial charge on any atom is -0.497 e. The van der Waals surface area contributed by atoms with Crippen molar-refractivity contribution in [3.63, 3.8) is 0 Å². The van der Waals surface area contributed by atoms with Gasteiger partial charge in [-0.3, -0.25) is 14.5 Å². The molecule has 1 aromatic carbocycles. The van der Waals surface area contributed by atoms with Crippen molar-refractivity contribution < 1.29 is 19.1 Å². The van der Waals surface area contributed by atoms with Crippen LogP contribution in [-0.2, 0) is 9.59 Å². The lowest BCUT2D eigenvalue weighted by atomic mass is 10.2. The number of ether oxygens (including phenoxy) is 2. The molecule has 0 saturated carbocycles. The molecule has 0 bridgehead atoms. The lowest BCUT2D eigenvalue weighted by molar-refractivity contribution is -0.130. The molecule has 0 heterocycles. The molecule has 0 atom stereocenters. The summed E-state index contributed by atoms with van der Waals surface area (Å²) in [6.45, 7) is 3.02. The first-order chi connectivity index (χ1) is 11.4. The van der Waals surface area contributed by atoms with Crippen molar-refractivity contribution in [1.82, 2.24) is 9.80 Å². The molecule has 2 amide bonds. The van der Waals surface area contributed by atoms with Crippen LogP contribution in [0.25, 0.3) is 0 Å². The number of benzene rings is 1. The third-order valence-electron chi connectivity index (χ3n) is 3.45. The van der Waals surface area contributed by atoms with Crippen molar-refractivity contribution in [3.05, 3.63) is 18.2 Å². The highest BCUT2D eigenvalue weighted by molar-refractivity contribution is 5.94. The summed E-state index contributed by atoms with van der Waals surface area (Å²) in [7, 11) is 6.50. The first-order valence-corrected chi connectivity index (χ1v) is 7.85. The first kappa shape index (κ1) is 19.8. The molecule has 7 nitrogen and oxygen atoms in total. The second-order valence-electron chi connectivity index (χ2n) is 5.61. The van der Waals surface area contributed by atoms with E-state index in [-0.39, 0.29) is 24.9 Å². The number of amides is 2. The molecule has 0 unspecified atom stereocenters. The van der Waals surface area contributed by atoms with Crippen LogP contribution in [0.1, 0.15) is 13.3 Å². The number of rotatable bonds is 9. The highest BCUT2D eigenvalue weighted by atomic mass is 16.5. The van der Waals surface area contributed by atoms with E-state index in [1.165, 1.54) is 12.0 Å². The quantitative estimate of drug-likeness (QED) is 0.738. The molecule has 24 heavy (non-hydrogen) atoms. The third kappa shape index (κ3) is 6.08. The van der Waals surface area contributed by atoms with Gasteiger partial charge in [0.15, 0.2) is 0 Å². The number of methoxy groups -OCH3 is 2. The fourth-order valence-electron chi connectivity index (χ4n) is 2.17. The Kier molecular flexibility index (Phi) is 8.05. The van der Waals surface area contributed by atoms with Crippen LogP contribution in [0.5, 0.6) is 11.5 Å². The lowest BCUT2D eigenvalue weighted by Gasteiger charge is -2.22. The molecule has 1 aromatic rings. The van der Waals surface area contributed by atoms with Crippen molar-refractivity contribution in [2.24, 2.45) is 0 Å². The monoisotopic (exact) mass is 337 g/mol. The largest absolute Gasteiger partial charge is 0.497 e. The van der Waals surface area contributed by atoms with Crippen LogP contribution in [0, 0.1) is 0 Å². The second kappa shape index (κ2) is 9.77. The minimum absolute atomic E-state index is 0.0322. The van der Waals surface area contributed by atoms with Gasteiger partial charge in [-0.1, -0.05) is 6.92 Å². The molecule has 0 aliphatic rings. The zero-order chi connectivity index (χ0) is 18.1. The first-order valence-electron chi connectivity index (χ1n) is 7.85. The van der Waals surface area contributed by atoms with Crippen LogP contribution < -0.4 is 14.8 Å². The molecule has 0 aliphatic carbocycles. The van der Waals surface area contributed by atoms with Crippen LogP contribution in [0.3, 0.4) is 0 Å². The Morgan fingerprint density at radius 2 is 1.83 bits per heavy atom. The highest BCUT2D eigenvalue weighted by Gasteiger charge is 2.16. The summed E-state index contributed by atoms with van der Waals surface area (Å²) < 4.78 is 10.4. The van der Waals surface area contributed by atoms with Gasteiger partial charge in [0.1, 0.15) is 11.5 Å². The van der Waals surface area contributed by atoms with E-state index in [0.29, 0.717) is 23.7 Å². The van der Waals surface area contributed by atoms with Gasteiger partial charge in [-0.2, -0.15) is 0 Å². The van der Waals surface area contributed by atoms with E-state index in [0.717, 1.165) is 6.42 Å². The van der Waals surface area contributed by atoms with Gasteiger partial charge in [0.25, 0.3) is 0 Å². The van der Waals surface area contributed by atoms with E-state index < -0.39 is 0 Å². The predicted octanol–water partition coefficient (Wildman–Crippen LogP) is 1.44. The molecular formula is C17H27N3O4. The SMILES string of the molecule is CCCN(CC(=O)Nc1cc(OC)ccc1OC)CC(=O)N(C)C. The van der Waals surface area contributed by atoms with Gasteiger partial charge in [0.2, 0.25) is 11.8 Å². The average molecular weight is 337 g/mol. The number of likely N-dealkylation sites (N-methyl/N-ethyl adjacent to an activating group) is 1. The van der Waals surface area contributed by atoms with Crippen LogP contribution in [-0.4, -0.2) is 69.6 Å². The molecule has 0 saturated heterocycles. The van der Waals surface area contributed by atoms with E-state index in [9.17, 15) is 9.59 Å². The van der Waals surface area contributed by atoms with Gasteiger partial charge in [-0.25, -0.2) is 0 Å². The summed E-state index contributed by atoms with van der Waals surface area (Å²) in [4.78, 5) is 27.6. The summed E-state index contributed by atoms with van der Waals surface area (Å²) in [5.74, 6) is 0.937. The lowest BCUT2D eigenvalue weighted by Crippen LogP contribution is -2.41. The van der Waals surface area contributed by atoms with Crippen molar-refractivity contribution in [1.29, 1.82) is 0 Å². The van der Waals surface area contributed by atoms with E-state index >= 15 is 0 Å². The van der Waals surface area contributed by atoms with Gasteiger partial charge >= 0.3 is 0 Å². The van der Waals surface area contributed by atoms with E-state index in [1.807, 2.05) is 11.8 Å². The molecule has 0 spiro atoms. The van der Waals surface area contributed by atoms with E-state index in [2.05, 4.69) is 5.32 Å². The van der Waals surface area contributed by atoms with Crippen LogP contribution in [0.4, 0.5) is 5.69 Å². The van der Waals surface area contributed by atoms with Gasteiger partial charge in [0.05, 0.1) is 33.0 Å². The molecular weight excluding hydrogens is 310 g/mol. The van der Waals surface area contributed by atoms with Crippen molar-refractivity contribution in [3.8, 4) is 11.5 Å². The zero-order valence-corrected chi connectivity index (χ0v) is 15.1. The molecule has 1 N–H and O–H groups in total. The van der Waals surface area contributed by atoms with E-state index in [1.54, 1.807) is 39.4 Å². The Hall–Kier alpha value is -2.28. The Labute approximate surface area is 143 Å². The Balaban J connectivity index is 2.76. The predicted molar refractivity (Wildman–Crippen MR) is 93.6 cm³/mol. The minimum atomic E-state index is -0.207. The number of hydrogen-bond donors (Lipinski definition) is 1. The fraction of sp³-hybridized carbons (Fsp3) is 0.529. The maximum atomic E-state index is 12.3. The Morgan fingerprint density at radius 1 is 1.12 bits per heavy atom. The highest BCUT2D eigenvalue weighted by Crippen LogP contribution is 2.28. The molecule has 0 aliphatic heterocycles. The van der Waals surface area contributed by atoms with Crippen LogP contribution >= 0.6 is 0 Å². The summed E-state index contributed by atoms with van der Waals surface area (Å²) in [5, 5.41) is 2.82. The molecule has 7 heteroatoms. The van der Waals surface area contributed by atoms with Crippen molar-refractivity contribution >= 4 is 17.5 Å². The Bertz CT molecular complexity index is 561. The number of carbonyl (C=O) groups is 2. The van der Waals surface area contributed by atoms with E-state index in [4.69, 9.17) is 9.47 Å². The molecule has 0 fully saturated rings. The smallest absolute Gasteiger partial charge is 0.238 e. The normalized spacial score (nSPS) is 10.4. The second-order valence-corrected chi connectivity index (χ2v) is 5.61. The van der Waals surface area contributed by atoms with Gasteiger partial charge in [0, 0.05) is 20.2 Å². The van der Waals surface area contributed by atoms with Crippen LogP contribution in [0.2, 0.25) is 0 Å². The summed E-state index contributed by atoms with van der Waals surface area (Å²) in [6.07, 6.45) is 0.858. The van der Waals surface area contributed by atoms with Crippen LogP contribution in [0.15, 0.2) is 18.2 Å². The number of anilines is 1. The van der Waals surface area contributed by atoms with Gasteiger partial charge < -0.3 is 19.7 Å². The topological polar surface area (TPSA) is 71.1 Å². The average Bonchev–Trinajstić information content (AvgIpc) is 2.54. The van der Waals surface area contributed by atoms with Crippen molar-refractivity contribution in [2.75, 3.05) is 53.3 Å². The summed E-state index contributed by atoms with van der Waals surface area (Å²) in [6, 6.07) is 5.19.